The molecule has 1 aromatic carbocycles. The Morgan fingerprint density at radius 3 is 2.62 bits per heavy atom. The molecule has 0 aliphatic heterocycles. The van der Waals surface area contributed by atoms with Crippen molar-refractivity contribution in [3.8, 4) is 0 Å². The summed E-state index contributed by atoms with van der Waals surface area (Å²) in [6.07, 6.45) is 0.418. The molecule has 0 aliphatic rings. The van der Waals surface area contributed by atoms with Gasteiger partial charge in [-0.1, -0.05) is 40.7 Å². The third-order valence-corrected chi connectivity index (χ3v) is 2.69. The zero-order valence-corrected chi connectivity index (χ0v) is 11.2. The molecule has 0 atom stereocenters. The van der Waals surface area contributed by atoms with E-state index >= 15 is 0 Å². The Kier molecular flexibility index (Phi) is 4.74. The van der Waals surface area contributed by atoms with E-state index in [9.17, 15) is 4.79 Å². The summed E-state index contributed by atoms with van der Waals surface area (Å²) in [6, 6.07) is 6.09. The molecule has 0 unspecified atom stereocenters. The lowest BCUT2D eigenvalue weighted by molar-refractivity contribution is -0.120. The van der Waals surface area contributed by atoms with Crippen LogP contribution >= 0.6 is 15.9 Å². The first-order chi connectivity index (χ1) is 7.49. The van der Waals surface area contributed by atoms with Crippen LogP contribution in [0, 0.1) is 13.8 Å². The van der Waals surface area contributed by atoms with Crippen LogP contribution in [0.15, 0.2) is 29.3 Å². The lowest BCUT2D eigenvalue weighted by atomic mass is 10.0. The molecule has 0 fully saturated rings. The van der Waals surface area contributed by atoms with Crippen LogP contribution in [0.4, 0.5) is 0 Å². The minimum Gasteiger partial charge on any atom is -0.351 e. The molecular formula is C13H16BrNO. The number of nitrogens with one attached hydrogen (secondary N) is 1. The Morgan fingerprint density at radius 2 is 2.06 bits per heavy atom. The molecule has 0 aromatic heterocycles. The number of hydrogen-bond donors (Lipinski definition) is 1. The number of hydrogen-bond acceptors (Lipinski definition) is 1. The second-order valence-electron chi connectivity index (χ2n) is 3.89. The summed E-state index contributed by atoms with van der Waals surface area (Å²) in [5.74, 6) is 0.0175. The van der Waals surface area contributed by atoms with Crippen LogP contribution in [0.25, 0.3) is 0 Å². The fourth-order valence-electron chi connectivity index (χ4n) is 1.36. The predicted octanol–water partition coefficient (Wildman–Crippen LogP) is 2.87. The van der Waals surface area contributed by atoms with Crippen molar-refractivity contribution in [3.05, 3.63) is 46.0 Å². The highest BCUT2D eigenvalue weighted by molar-refractivity contribution is 9.11. The lowest BCUT2D eigenvalue weighted by Gasteiger charge is -2.06. The molecule has 0 aliphatic carbocycles. The molecule has 16 heavy (non-hydrogen) atoms. The molecule has 86 valence electrons. The molecule has 0 radical (unpaired) electrons. The summed E-state index contributed by atoms with van der Waals surface area (Å²) in [6.45, 7) is 8.25. The number of carbonyl (C=O) groups excluding carboxylic acids is 1. The van der Waals surface area contributed by atoms with Gasteiger partial charge in [-0.3, -0.25) is 4.79 Å². The Hall–Kier alpha value is -1.09. The van der Waals surface area contributed by atoms with Gasteiger partial charge in [0.05, 0.1) is 6.42 Å². The first-order valence-corrected chi connectivity index (χ1v) is 5.94. The van der Waals surface area contributed by atoms with Crippen molar-refractivity contribution in [1.82, 2.24) is 5.32 Å². The normalized spacial score (nSPS) is 9.94. The highest BCUT2D eigenvalue weighted by atomic mass is 79.9. The van der Waals surface area contributed by atoms with Gasteiger partial charge < -0.3 is 5.32 Å². The molecule has 1 amide bonds. The average Bonchev–Trinajstić information content (AvgIpc) is 2.21. The SMILES string of the molecule is C=C(Br)CNC(=O)Cc1ccc(C)c(C)c1. The van der Waals surface area contributed by atoms with Crippen LogP contribution in [-0.2, 0) is 11.2 Å². The van der Waals surface area contributed by atoms with E-state index in [1.807, 2.05) is 12.1 Å². The van der Waals surface area contributed by atoms with Crippen LogP contribution in [0.3, 0.4) is 0 Å². The Labute approximate surface area is 105 Å². The van der Waals surface area contributed by atoms with Gasteiger partial charge in [0.15, 0.2) is 0 Å². The van der Waals surface area contributed by atoms with Crippen molar-refractivity contribution < 1.29 is 4.79 Å². The molecule has 0 saturated heterocycles. The number of halogens is 1. The van der Waals surface area contributed by atoms with Gasteiger partial charge in [0, 0.05) is 11.0 Å². The summed E-state index contributed by atoms with van der Waals surface area (Å²) in [5.41, 5.74) is 3.51. The van der Waals surface area contributed by atoms with Crippen molar-refractivity contribution in [2.24, 2.45) is 0 Å². The molecule has 1 N–H and O–H groups in total. The number of carbonyl (C=O) groups is 1. The molecule has 1 rings (SSSR count). The highest BCUT2D eigenvalue weighted by Crippen LogP contribution is 2.10. The van der Waals surface area contributed by atoms with Gasteiger partial charge in [-0.15, -0.1) is 0 Å². The topological polar surface area (TPSA) is 29.1 Å². The average molecular weight is 282 g/mol. The minimum atomic E-state index is 0.0175. The third-order valence-electron chi connectivity index (χ3n) is 2.41. The second kappa shape index (κ2) is 5.85. The highest BCUT2D eigenvalue weighted by Gasteiger charge is 2.03. The van der Waals surface area contributed by atoms with E-state index in [1.54, 1.807) is 0 Å². The van der Waals surface area contributed by atoms with Gasteiger partial charge in [0.1, 0.15) is 0 Å². The van der Waals surface area contributed by atoms with Crippen molar-refractivity contribution in [1.29, 1.82) is 0 Å². The number of benzene rings is 1. The molecular weight excluding hydrogens is 266 g/mol. The van der Waals surface area contributed by atoms with E-state index in [2.05, 4.69) is 47.7 Å². The van der Waals surface area contributed by atoms with E-state index in [0.717, 1.165) is 10.0 Å². The van der Waals surface area contributed by atoms with Crippen LogP contribution < -0.4 is 5.32 Å². The summed E-state index contributed by atoms with van der Waals surface area (Å²) in [7, 11) is 0. The van der Waals surface area contributed by atoms with Gasteiger partial charge in [-0.2, -0.15) is 0 Å². The largest absolute Gasteiger partial charge is 0.351 e. The van der Waals surface area contributed by atoms with Crippen molar-refractivity contribution in [2.45, 2.75) is 20.3 Å². The van der Waals surface area contributed by atoms with Gasteiger partial charge in [-0.25, -0.2) is 0 Å². The molecule has 0 bridgehead atoms. The summed E-state index contributed by atoms with van der Waals surface area (Å²) < 4.78 is 0.779. The Bertz CT molecular complexity index is 412. The molecule has 3 heteroatoms. The summed E-state index contributed by atoms with van der Waals surface area (Å²) in [4.78, 5) is 11.5. The summed E-state index contributed by atoms with van der Waals surface area (Å²) in [5, 5.41) is 2.78. The summed E-state index contributed by atoms with van der Waals surface area (Å²) >= 11 is 3.20. The zero-order chi connectivity index (χ0) is 12.1. The van der Waals surface area contributed by atoms with E-state index in [0.29, 0.717) is 13.0 Å². The van der Waals surface area contributed by atoms with Crippen molar-refractivity contribution in [2.75, 3.05) is 6.54 Å². The van der Waals surface area contributed by atoms with Crippen molar-refractivity contribution in [3.63, 3.8) is 0 Å². The van der Waals surface area contributed by atoms with Crippen LogP contribution in [0.5, 0.6) is 0 Å². The maximum atomic E-state index is 11.5. The molecule has 0 heterocycles. The minimum absolute atomic E-state index is 0.0175. The standard InChI is InChI=1S/C13H16BrNO/c1-9-4-5-12(6-10(9)2)7-13(16)15-8-11(3)14/h4-6H,3,7-8H2,1-2H3,(H,15,16). The van der Waals surface area contributed by atoms with Gasteiger partial charge in [0.25, 0.3) is 0 Å². The van der Waals surface area contributed by atoms with Crippen LogP contribution in [0.2, 0.25) is 0 Å². The fourth-order valence-corrected chi connectivity index (χ4v) is 1.50. The van der Waals surface area contributed by atoms with Crippen molar-refractivity contribution >= 4 is 21.8 Å². The predicted molar refractivity (Wildman–Crippen MR) is 70.7 cm³/mol. The molecule has 0 saturated carbocycles. The van der Waals surface area contributed by atoms with E-state index in [4.69, 9.17) is 0 Å². The van der Waals surface area contributed by atoms with Crippen LogP contribution in [0.1, 0.15) is 16.7 Å². The number of amides is 1. The van der Waals surface area contributed by atoms with Gasteiger partial charge in [0.2, 0.25) is 5.91 Å². The van der Waals surface area contributed by atoms with E-state index < -0.39 is 0 Å². The maximum absolute atomic E-state index is 11.5. The van der Waals surface area contributed by atoms with Gasteiger partial charge in [-0.05, 0) is 30.5 Å². The molecule has 0 spiro atoms. The first kappa shape index (κ1) is 13.0. The maximum Gasteiger partial charge on any atom is 0.224 e. The smallest absolute Gasteiger partial charge is 0.224 e. The quantitative estimate of drug-likeness (QED) is 0.904. The number of aryl methyl sites for hydroxylation is 2. The van der Waals surface area contributed by atoms with Crippen LogP contribution in [-0.4, -0.2) is 12.5 Å². The monoisotopic (exact) mass is 281 g/mol. The zero-order valence-electron chi connectivity index (χ0n) is 9.64. The third kappa shape index (κ3) is 4.19. The Morgan fingerprint density at radius 1 is 1.38 bits per heavy atom. The van der Waals surface area contributed by atoms with E-state index in [-0.39, 0.29) is 5.91 Å². The second-order valence-corrected chi connectivity index (χ2v) is 5.01. The molecule has 1 aromatic rings. The Balaban J connectivity index is 2.56. The fraction of sp³-hybridized carbons (Fsp3) is 0.308. The first-order valence-electron chi connectivity index (χ1n) is 5.15. The molecule has 2 nitrogen and oxygen atoms in total. The lowest BCUT2D eigenvalue weighted by Crippen LogP contribution is -2.26. The van der Waals surface area contributed by atoms with Gasteiger partial charge >= 0.3 is 0 Å². The van der Waals surface area contributed by atoms with E-state index in [1.165, 1.54) is 11.1 Å². The number of rotatable bonds is 4.